The number of nitrogens with one attached hydrogen (secondary N) is 1. The Balaban J connectivity index is 1.30. The van der Waals surface area contributed by atoms with Crippen LogP contribution in [0, 0.1) is 5.92 Å². The van der Waals surface area contributed by atoms with E-state index in [9.17, 15) is 0 Å². The average Bonchev–Trinajstić information content (AvgIpc) is 3.03. The zero-order chi connectivity index (χ0) is 29.5. The van der Waals surface area contributed by atoms with Gasteiger partial charge in [-0.1, -0.05) is 49.8 Å². The smallest absolute Gasteiger partial charge is 0.147 e. The molecule has 1 aliphatic heterocycles. The van der Waals surface area contributed by atoms with Crippen LogP contribution in [-0.4, -0.2) is 23.1 Å². The zero-order valence-corrected chi connectivity index (χ0v) is 25.9. The van der Waals surface area contributed by atoms with E-state index in [2.05, 4.69) is 97.9 Å². The number of aryl methyl sites for hydroxylation is 4. The van der Waals surface area contributed by atoms with E-state index < -0.39 is 0 Å². The van der Waals surface area contributed by atoms with Crippen molar-refractivity contribution in [3.8, 4) is 0 Å². The van der Waals surface area contributed by atoms with Crippen molar-refractivity contribution >= 4 is 28.2 Å². The van der Waals surface area contributed by atoms with Gasteiger partial charge in [0.05, 0.1) is 17.3 Å². The molecular formula is C37H48N5+. The Morgan fingerprint density at radius 2 is 1.71 bits per heavy atom. The molecule has 0 aliphatic carbocycles. The van der Waals surface area contributed by atoms with Gasteiger partial charge in [-0.3, -0.25) is 4.98 Å². The van der Waals surface area contributed by atoms with Gasteiger partial charge in [-0.15, -0.1) is 6.58 Å². The van der Waals surface area contributed by atoms with E-state index >= 15 is 0 Å². The Morgan fingerprint density at radius 3 is 2.40 bits per heavy atom. The van der Waals surface area contributed by atoms with E-state index in [1.807, 2.05) is 6.20 Å². The molecule has 0 unspecified atom stereocenters. The van der Waals surface area contributed by atoms with Crippen LogP contribution in [-0.2, 0) is 32.2 Å². The van der Waals surface area contributed by atoms with Gasteiger partial charge in [0.1, 0.15) is 17.9 Å². The highest BCUT2D eigenvalue weighted by Crippen LogP contribution is 2.31. The molecule has 0 spiro atoms. The van der Waals surface area contributed by atoms with Gasteiger partial charge in [0.25, 0.3) is 0 Å². The zero-order valence-electron chi connectivity index (χ0n) is 25.9. The van der Waals surface area contributed by atoms with E-state index in [-0.39, 0.29) is 0 Å². The number of hydrogen-bond acceptors (Lipinski definition) is 4. The molecule has 1 aliphatic rings. The minimum absolute atomic E-state index is 0.649. The molecule has 4 aromatic rings. The van der Waals surface area contributed by atoms with Gasteiger partial charge in [-0.2, -0.15) is 0 Å². The molecule has 220 valence electrons. The summed E-state index contributed by atoms with van der Waals surface area (Å²) in [5.41, 5.74) is 16.4. The number of nitrogens with zero attached hydrogens (tertiary/aromatic N) is 3. The number of hydrogen-bond donors (Lipinski definition) is 2. The first kappa shape index (κ1) is 29.8. The van der Waals surface area contributed by atoms with Crippen LogP contribution in [0.3, 0.4) is 0 Å². The van der Waals surface area contributed by atoms with Crippen molar-refractivity contribution in [3.05, 3.63) is 101 Å². The average molecular weight is 563 g/mol. The van der Waals surface area contributed by atoms with Gasteiger partial charge in [0.2, 0.25) is 0 Å². The summed E-state index contributed by atoms with van der Waals surface area (Å²) < 4.78 is 0. The van der Waals surface area contributed by atoms with Crippen LogP contribution in [0.1, 0.15) is 74.3 Å². The summed E-state index contributed by atoms with van der Waals surface area (Å²) in [5.74, 6) is 1.76. The van der Waals surface area contributed by atoms with Gasteiger partial charge in [-0.05, 0) is 111 Å². The second-order valence-corrected chi connectivity index (χ2v) is 12.0. The monoisotopic (exact) mass is 562 g/mol. The summed E-state index contributed by atoms with van der Waals surface area (Å²) in [4.78, 5) is 12.4. The topological polar surface area (TPSA) is 68.7 Å². The largest absolute Gasteiger partial charge is 0.355 e. The highest BCUT2D eigenvalue weighted by atomic mass is 15.2. The van der Waals surface area contributed by atoms with Crippen molar-refractivity contribution in [1.82, 2.24) is 9.97 Å². The fraction of sp³-hybridized carbons (Fsp3) is 0.405. The van der Waals surface area contributed by atoms with Crippen LogP contribution < -0.4 is 16.0 Å². The normalized spacial score (nSPS) is 14.0. The number of anilines is 3. The van der Waals surface area contributed by atoms with E-state index in [1.54, 1.807) is 0 Å². The number of benzene rings is 3. The fourth-order valence-corrected chi connectivity index (χ4v) is 6.20. The lowest BCUT2D eigenvalue weighted by Crippen LogP contribution is -2.47. The summed E-state index contributed by atoms with van der Waals surface area (Å²) in [6, 6.07) is 20.1. The highest BCUT2D eigenvalue weighted by Gasteiger charge is 2.21. The molecule has 0 radical (unpaired) electrons. The minimum atomic E-state index is 0.649. The predicted octanol–water partition coefficient (Wildman–Crippen LogP) is 7.60. The van der Waals surface area contributed by atoms with Crippen molar-refractivity contribution in [2.75, 3.05) is 23.3 Å². The molecule has 1 saturated heterocycles. The number of allylic oxidation sites excluding steroid dienone is 1. The molecule has 1 aromatic heterocycles. The quantitative estimate of drug-likeness (QED) is 0.175. The summed E-state index contributed by atoms with van der Waals surface area (Å²) in [5, 5.41) is 3.70. The standard InChI is InChI=1S/C37H47N5/c1-5-27-9-11-28(12-10-27)13-14-31-15-16-32(23-30(31)6-2)40-34-17-18-35-37(33(34)24-38)41-36(25-39-35)42-21-19-29(20-22-42)8-7-26(3)4/h9-12,15-18,23,25,29,40H,3,5-8,13-14,19-22,24,38H2,1-2,4H3/p+1. The fourth-order valence-electron chi connectivity index (χ4n) is 6.20. The van der Waals surface area contributed by atoms with Crippen LogP contribution in [0.15, 0.2) is 72.9 Å². The van der Waals surface area contributed by atoms with Crippen molar-refractivity contribution < 1.29 is 5.73 Å². The van der Waals surface area contributed by atoms with Gasteiger partial charge in [0, 0.05) is 24.5 Å². The minimum Gasteiger partial charge on any atom is -0.355 e. The van der Waals surface area contributed by atoms with Crippen molar-refractivity contribution in [1.29, 1.82) is 0 Å². The second-order valence-electron chi connectivity index (χ2n) is 12.0. The lowest BCUT2D eigenvalue weighted by Gasteiger charge is -2.32. The molecule has 0 amide bonds. The number of aromatic nitrogens is 2. The Bertz CT molecular complexity index is 1500. The molecule has 0 saturated carbocycles. The first-order valence-corrected chi connectivity index (χ1v) is 15.9. The van der Waals surface area contributed by atoms with Crippen LogP contribution in [0.25, 0.3) is 11.0 Å². The predicted molar refractivity (Wildman–Crippen MR) is 177 cm³/mol. The Morgan fingerprint density at radius 1 is 0.952 bits per heavy atom. The first-order valence-electron chi connectivity index (χ1n) is 15.9. The lowest BCUT2D eigenvalue weighted by molar-refractivity contribution is -0.385. The highest BCUT2D eigenvalue weighted by molar-refractivity contribution is 5.86. The Labute approximate surface area is 252 Å². The summed E-state index contributed by atoms with van der Waals surface area (Å²) in [7, 11) is 0. The molecule has 5 heteroatoms. The molecule has 3 aromatic carbocycles. The summed E-state index contributed by atoms with van der Waals surface area (Å²) >= 11 is 0. The van der Waals surface area contributed by atoms with Gasteiger partial charge < -0.3 is 16.0 Å². The second kappa shape index (κ2) is 14.0. The molecular weight excluding hydrogens is 514 g/mol. The number of rotatable bonds is 12. The van der Waals surface area contributed by atoms with E-state index in [0.29, 0.717) is 6.54 Å². The number of piperidine rings is 1. The Kier molecular flexibility index (Phi) is 9.91. The molecule has 0 atom stereocenters. The third-order valence-corrected chi connectivity index (χ3v) is 8.96. The SMILES string of the molecule is C=C(C)CCC1CCN(c2cnc3ccc(Nc4ccc(CCc5ccc(CC)cc5)c(CC)c4)c(C[NH3+])c3n2)CC1. The maximum atomic E-state index is 5.15. The molecule has 0 bridgehead atoms. The molecule has 1 fully saturated rings. The molecule has 5 nitrogen and oxygen atoms in total. The van der Waals surface area contributed by atoms with Crippen LogP contribution in [0.2, 0.25) is 0 Å². The van der Waals surface area contributed by atoms with Crippen molar-refractivity contribution in [2.24, 2.45) is 5.92 Å². The molecule has 5 rings (SSSR count). The van der Waals surface area contributed by atoms with Gasteiger partial charge in [0.15, 0.2) is 0 Å². The third kappa shape index (κ3) is 7.19. The Hall–Kier alpha value is -3.70. The lowest BCUT2D eigenvalue weighted by atomic mass is 9.91. The van der Waals surface area contributed by atoms with Crippen molar-refractivity contribution in [2.45, 2.75) is 78.7 Å². The van der Waals surface area contributed by atoms with Crippen LogP contribution in [0.4, 0.5) is 17.2 Å². The maximum Gasteiger partial charge on any atom is 0.147 e. The summed E-state index contributed by atoms with van der Waals surface area (Å²) in [6.07, 6.45) is 11.0. The van der Waals surface area contributed by atoms with Gasteiger partial charge >= 0.3 is 0 Å². The number of fused-ring (bicyclic) bond motifs is 1. The van der Waals surface area contributed by atoms with E-state index in [4.69, 9.17) is 9.97 Å². The van der Waals surface area contributed by atoms with E-state index in [1.165, 1.54) is 47.1 Å². The van der Waals surface area contributed by atoms with Crippen LogP contribution >= 0.6 is 0 Å². The molecule has 4 N–H and O–H groups in total. The van der Waals surface area contributed by atoms with E-state index in [0.717, 1.165) is 84.9 Å². The first-order chi connectivity index (χ1) is 20.5. The third-order valence-electron chi connectivity index (χ3n) is 8.96. The van der Waals surface area contributed by atoms with Crippen molar-refractivity contribution in [3.63, 3.8) is 0 Å². The summed E-state index contributed by atoms with van der Waals surface area (Å²) in [6.45, 7) is 13.4. The number of quaternary nitrogens is 1. The molecule has 2 heterocycles. The maximum absolute atomic E-state index is 5.15. The van der Waals surface area contributed by atoms with Crippen LogP contribution in [0.5, 0.6) is 0 Å². The van der Waals surface area contributed by atoms with Gasteiger partial charge in [-0.25, -0.2) is 4.98 Å². The molecule has 42 heavy (non-hydrogen) atoms.